The summed E-state index contributed by atoms with van der Waals surface area (Å²) in [6.07, 6.45) is -2.08. The summed E-state index contributed by atoms with van der Waals surface area (Å²) in [7, 11) is 1.06. The van der Waals surface area contributed by atoms with Crippen LogP contribution in [0.4, 0.5) is 13.2 Å². The Kier molecular flexibility index (Phi) is 3.22. The van der Waals surface area contributed by atoms with Gasteiger partial charge in [-0.05, 0) is 0 Å². The lowest BCUT2D eigenvalue weighted by Gasteiger charge is -2.06. The van der Waals surface area contributed by atoms with Gasteiger partial charge in [0.2, 0.25) is 0 Å². The first-order valence-electron chi connectivity index (χ1n) is 4.57. The maximum Gasteiger partial charge on any atom is 0.433 e. The smallest absolute Gasteiger partial charge is 0.232 e. The summed E-state index contributed by atoms with van der Waals surface area (Å²) in [5.41, 5.74) is -1.16. The molecule has 0 aliphatic heterocycles. The largest absolute Gasteiger partial charge is 0.433 e. The molecule has 0 radical (unpaired) electrons. The van der Waals surface area contributed by atoms with E-state index in [2.05, 4.69) is 15.1 Å². The lowest BCUT2D eigenvalue weighted by atomic mass is 10.4. The van der Waals surface area contributed by atoms with Crippen LogP contribution in [0.15, 0.2) is 29.7 Å². The van der Waals surface area contributed by atoms with Crippen molar-refractivity contribution >= 4 is 19.7 Å². The fourth-order valence-electron chi connectivity index (χ4n) is 1.18. The molecule has 2 rings (SSSR count). The van der Waals surface area contributed by atoms with E-state index in [1.54, 1.807) is 0 Å². The highest BCUT2D eigenvalue weighted by molar-refractivity contribution is 8.13. The van der Waals surface area contributed by atoms with Crippen molar-refractivity contribution in [2.75, 3.05) is 0 Å². The summed E-state index contributed by atoms with van der Waals surface area (Å²) in [6, 6.07) is 0.637. The van der Waals surface area contributed by atoms with Crippen LogP contribution < -0.4 is 0 Å². The molecule has 0 aromatic carbocycles. The van der Waals surface area contributed by atoms with Crippen molar-refractivity contribution in [2.24, 2.45) is 0 Å². The predicted molar refractivity (Wildman–Crippen MR) is 57.2 cm³/mol. The number of alkyl halides is 3. The van der Waals surface area contributed by atoms with E-state index in [0.29, 0.717) is 12.4 Å². The van der Waals surface area contributed by atoms with E-state index >= 15 is 0 Å². The molecular formula is C8H4ClF3N4O2S. The molecule has 0 saturated heterocycles. The number of rotatable bonds is 2. The first-order valence-corrected chi connectivity index (χ1v) is 6.88. The lowest BCUT2D eigenvalue weighted by molar-refractivity contribution is -0.141. The summed E-state index contributed by atoms with van der Waals surface area (Å²) in [6.45, 7) is 0. The van der Waals surface area contributed by atoms with Crippen molar-refractivity contribution in [2.45, 2.75) is 11.1 Å². The molecule has 0 saturated carbocycles. The van der Waals surface area contributed by atoms with Crippen molar-refractivity contribution in [3.8, 4) is 5.82 Å². The fourth-order valence-corrected chi connectivity index (χ4v) is 1.82. The van der Waals surface area contributed by atoms with Crippen molar-refractivity contribution in [3.05, 3.63) is 30.5 Å². The zero-order valence-corrected chi connectivity index (χ0v) is 10.4. The van der Waals surface area contributed by atoms with Crippen LogP contribution in [0.5, 0.6) is 0 Å². The van der Waals surface area contributed by atoms with Gasteiger partial charge < -0.3 is 0 Å². The molecule has 102 valence electrons. The highest BCUT2D eigenvalue weighted by atomic mass is 35.7. The van der Waals surface area contributed by atoms with Crippen LogP contribution in [-0.2, 0) is 15.2 Å². The van der Waals surface area contributed by atoms with Crippen molar-refractivity contribution in [1.82, 2.24) is 19.7 Å². The van der Waals surface area contributed by atoms with Crippen LogP contribution in [0, 0.1) is 0 Å². The Morgan fingerprint density at radius 3 is 2.47 bits per heavy atom. The second kappa shape index (κ2) is 4.46. The van der Waals surface area contributed by atoms with Crippen LogP contribution in [0.1, 0.15) is 5.69 Å². The standard InChI is InChI=1S/C8H4ClF3N4O2S/c9-19(17,18)5-2-15-16(3-5)7-1-6(8(10,11)12)13-4-14-7/h1-4H. The average molecular weight is 313 g/mol. The first-order chi connectivity index (χ1) is 8.68. The van der Waals surface area contributed by atoms with Gasteiger partial charge in [-0.15, -0.1) is 0 Å². The van der Waals surface area contributed by atoms with E-state index < -0.39 is 20.9 Å². The highest BCUT2D eigenvalue weighted by Crippen LogP contribution is 2.27. The van der Waals surface area contributed by atoms with Gasteiger partial charge in [0.1, 0.15) is 16.9 Å². The van der Waals surface area contributed by atoms with Crippen molar-refractivity contribution < 1.29 is 21.6 Å². The maximum absolute atomic E-state index is 12.4. The lowest BCUT2D eigenvalue weighted by Crippen LogP contribution is -2.10. The molecule has 0 amide bonds. The second-order valence-corrected chi connectivity index (χ2v) is 5.88. The van der Waals surface area contributed by atoms with Gasteiger partial charge in [0.15, 0.2) is 5.82 Å². The van der Waals surface area contributed by atoms with Crippen LogP contribution in [0.3, 0.4) is 0 Å². The summed E-state index contributed by atoms with van der Waals surface area (Å²) in [5, 5.41) is 3.57. The molecule has 0 aliphatic carbocycles. The predicted octanol–water partition coefficient (Wildman–Crippen LogP) is 1.61. The molecule has 6 nitrogen and oxygen atoms in total. The van der Waals surface area contributed by atoms with E-state index in [1.165, 1.54) is 0 Å². The summed E-state index contributed by atoms with van der Waals surface area (Å²) in [4.78, 5) is 6.29. The molecule has 0 bridgehead atoms. The minimum atomic E-state index is -4.63. The summed E-state index contributed by atoms with van der Waals surface area (Å²) in [5.74, 6) is -0.228. The molecule has 19 heavy (non-hydrogen) atoms. The topological polar surface area (TPSA) is 77.7 Å². The Morgan fingerprint density at radius 2 is 1.95 bits per heavy atom. The maximum atomic E-state index is 12.4. The molecule has 0 unspecified atom stereocenters. The van der Waals surface area contributed by atoms with Gasteiger partial charge in [0, 0.05) is 16.7 Å². The molecule has 0 fully saturated rings. The van der Waals surface area contributed by atoms with Gasteiger partial charge in [-0.1, -0.05) is 0 Å². The van der Waals surface area contributed by atoms with Gasteiger partial charge in [-0.2, -0.15) is 18.3 Å². The van der Waals surface area contributed by atoms with E-state index in [1.807, 2.05) is 0 Å². The third kappa shape index (κ3) is 3.01. The number of halogens is 4. The van der Waals surface area contributed by atoms with Crippen LogP contribution in [0.25, 0.3) is 5.82 Å². The number of hydrogen-bond donors (Lipinski definition) is 0. The number of nitrogens with zero attached hydrogens (tertiary/aromatic N) is 4. The van der Waals surface area contributed by atoms with Gasteiger partial charge >= 0.3 is 6.18 Å². The number of aromatic nitrogens is 4. The van der Waals surface area contributed by atoms with Gasteiger partial charge in [0.25, 0.3) is 9.05 Å². The molecule has 2 aromatic rings. The van der Waals surface area contributed by atoms with E-state index in [-0.39, 0.29) is 10.7 Å². The SMILES string of the molecule is O=S(=O)(Cl)c1cnn(-c2cc(C(F)(F)F)ncn2)c1. The third-order valence-electron chi connectivity index (χ3n) is 2.02. The molecule has 11 heteroatoms. The van der Waals surface area contributed by atoms with E-state index in [0.717, 1.165) is 17.1 Å². The zero-order valence-electron chi connectivity index (χ0n) is 8.83. The van der Waals surface area contributed by atoms with Crippen LogP contribution >= 0.6 is 10.7 Å². The van der Waals surface area contributed by atoms with Gasteiger partial charge in [0.05, 0.1) is 12.4 Å². The third-order valence-corrected chi connectivity index (χ3v) is 3.33. The Labute approximate surface area is 109 Å². The fraction of sp³-hybridized carbons (Fsp3) is 0.125. The molecule has 0 N–H and O–H groups in total. The Morgan fingerprint density at radius 1 is 1.26 bits per heavy atom. The normalized spacial score (nSPS) is 12.6. The Balaban J connectivity index is 2.46. The quantitative estimate of drug-likeness (QED) is 0.787. The van der Waals surface area contributed by atoms with E-state index in [4.69, 9.17) is 10.7 Å². The minimum absolute atomic E-state index is 0.228. The number of hydrogen-bond acceptors (Lipinski definition) is 5. The minimum Gasteiger partial charge on any atom is -0.232 e. The molecule has 0 spiro atoms. The van der Waals surface area contributed by atoms with Crippen molar-refractivity contribution in [1.29, 1.82) is 0 Å². The van der Waals surface area contributed by atoms with Gasteiger partial charge in [-0.3, -0.25) is 0 Å². The Hall–Kier alpha value is -1.68. The zero-order chi connectivity index (χ0) is 14.3. The molecule has 0 aliphatic rings. The molecule has 2 aromatic heterocycles. The average Bonchev–Trinajstić information content (AvgIpc) is 2.77. The summed E-state index contributed by atoms with van der Waals surface area (Å²) < 4.78 is 60.2. The molecular weight excluding hydrogens is 309 g/mol. The Bertz CT molecular complexity index is 713. The van der Waals surface area contributed by atoms with E-state index in [9.17, 15) is 21.6 Å². The molecule has 0 atom stereocenters. The summed E-state index contributed by atoms with van der Waals surface area (Å²) >= 11 is 0. The van der Waals surface area contributed by atoms with Crippen molar-refractivity contribution in [3.63, 3.8) is 0 Å². The first kappa shape index (κ1) is 13.7. The second-order valence-electron chi connectivity index (χ2n) is 3.32. The van der Waals surface area contributed by atoms with Gasteiger partial charge in [-0.25, -0.2) is 23.1 Å². The highest BCUT2D eigenvalue weighted by Gasteiger charge is 2.33. The monoisotopic (exact) mass is 312 g/mol. The molecule has 2 heterocycles. The van der Waals surface area contributed by atoms with Crippen LogP contribution in [-0.4, -0.2) is 28.2 Å². The van der Waals surface area contributed by atoms with Crippen LogP contribution in [0.2, 0.25) is 0 Å².